The second-order valence-corrected chi connectivity index (χ2v) is 4.93. The molecule has 0 aliphatic rings. The predicted octanol–water partition coefficient (Wildman–Crippen LogP) is 2.56. The molecule has 106 valence electrons. The first-order chi connectivity index (χ1) is 10.2. The molecule has 0 unspecified atom stereocenters. The van der Waals surface area contributed by atoms with Crippen LogP contribution in [0.25, 0.3) is 16.6 Å². The summed E-state index contributed by atoms with van der Waals surface area (Å²) in [6, 6.07) is 16.3. The van der Waals surface area contributed by atoms with Gasteiger partial charge in [-0.1, -0.05) is 37.3 Å². The Morgan fingerprint density at radius 1 is 0.905 bits per heavy atom. The number of hydrogen-bond donors (Lipinski definition) is 0. The van der Waals surface area contributed by atoms with Gasteiger partial charge in [-0.3, -0.25) is 9.36 Å². The van der Waals surface area contributed by atoms with Gasteiger partial charge in [0.15, 0.2) is 0 Å². The van der Waals surface area contributed by atoms with Crippen LogP contribution in [-0.4, -0.2) is 9.13 Å². The van der Waals surface area contributed by atoms with E-state index in [4.69, 9.17) is 0 Å². The highest BCUT2D eigenvalue weighted by atomic mass is 16.2. The molecule has 4 heteroatoms. The Balaban J connectivity index is 2.46. The molecule has 0 bridgehead atoms. The fraction of sp³-hybridized carbons (Fsp3) is 0.176. The lowest BCUT2D eigenvalue weighted by molar-refractivity contribution is 0.637. The molecule has 0 fully saturated rings. The summed E-state index contributed by atoms with van der Waals surface area (Å²) in [6.07, 6.45) is 0.830. The fourth-order valence-electron chi connectivity index (χ4n) is 2.57. The SMILES string of the molecule is CCCn1c(=O)n(-c2ccccc2)c(=O)c2ccccc21. The maximum Gasteiger partial charge on any atom is 0.336 e. The third kappa shape index (κ3) is 2.18. The van der Waals surface area contributed by atoms with Crippen molar-refractivity contribution >= 4 is 10.9 Å². The van der Waals surface area contributed by atoms with Crippen molar-refractivity contribution in [3.8, 4) is 5.69 Å². The Hall–Kier alpha value is -2.62. The molecular weight excluding hydrogens is 264 g/mol. The molecule has 21 heavy (non-hydrogen) atoms. The van der Waals surface area contributed by atoms with Crippen LogP contribution in [0.2, 0.25) is 0 Å². The zero-order valence-electron chi connectivity index (χ0n) is 11.8. The van der Waals surface area contributed by atoms with Gasteiger partial charge in [0.25, 0.3) is 5.56 Å². The summed E-state index contributed by atoms with van der Waals surface area (Å²) >= 11 is 0. The molecule has 0 radical (unpaired) electrons. The fourth-order valence-corrected chi connectivity index (χ4v) is 2.57. The molecule has 0 aliphatic heterocycles. The van der Waals surface area contributed by atoms with E-state index in [1.807, 2.05) is 43.3 Å². The first-order valence-electron chi connectivity index (χ1n) is 7.04. The number of para-hydroxylation sites is 2. The van der Waals surface area contributed by atoms with Crippen LogP contribution in [-0.2, 0) is 6.54 Å². The van der Waals surface area contributed by atoms with Crippen molar-refractivity contribution in [3.05, 3.63) is 75.4 Å². The maximum atomic E-state index is 12.7. The molecule has 1 aromatic heterocycles. The minimum Gasteiger partial charge on any atom is -0.293 e. The zero-order valence-corrected chi connectivity index (χ0v) is 11.8. The minimum atomic E-state index is -0.285. The van der Waals surface area contributed by atoms with Gasteiger partial charge in [-0.15, -0.1) is 0 Å². The van der Waals surface area contributed by atoms with Crippen LogP contribution in [0, 0.1) is 0 Å². The van der Waals surface area contributed by atoms with Crippen LogP contribution < -0.4 is 11.2 Å². The number of rotatable bonds is 3. The summed E-state index contributed by atoms with van der Waals surface area (Å²) in [5.41, 5.74) is 0.741. The van der Waals surface area contributed by atoms with E-state index in [2.05, 4.69) is 0 Å². The van der Waals surface area contributed by atoms with Crippen LogP contribution in [0.1, 0.15) is 13.3 Å². The maximum absolute atomic E-state index is 12.7. The van der Waals surface area contributed by atoms with Gasteiger partial charge >= 0.3 is 5.69 Å². The van der Waals surface area contributed by atoms with Gasteiger partial charge < -0.3 is 0 Å². The van der Waals surface area contributed by atoms with E-state index in [9.17, 15) is 9.59 Å². The zero-order chi connectivity index (χ0) is 14.8. The number of fused-ring (bicyclic) bond motifs is 1. The Morgan fingerprint density at radius 2 is 1.57 bits per heavy atom. The second-order valence-electron chi connectivity index (χ2n) is 4.93. The Morgan fingerprint density at radius 3 is 2.29 bits per heavy atom. The highest BCUT2D eigenvalue weighted by Gasteiger charge is 2.13. The number of aryl methyl sites for hydroxylation is 1. The van der Waals surface area contributed by atoms with Crippen LogP contribution in [0.3, 0.4) is 0 Å². The van der Waals surface area contributed by atoms with E-state index in [1.165, 1.54) is 4.57 Å². The van der Waals surface area contributed by atoms with E-state index in [-0.39, 0.29) is 11.2 Å². The van der Waals surface area contributed by atoms with Crippen molar-refractivity contribution < 1.29 is 0 Å². The molecule has 0 spiro atoms. The van der Waals surface area contributed by atoms with Gasteiger partial charge in [0, 0.05) is 6.54 Å². The molecule has 0 aliphatic carbocycles. The summed E-state index contributed by atoms with van der Waals surface area (Å²) in [6.45, 7) is 2.60. The topological polar surface area (TPSA) is 44.0 Å². The first-order valence-corrected chi connectivity index (χ1v) is 7.04. The van der Waals surface area contributed by atoms with Gasteiger partial charge in [0.2, 0.25) is 0 Å². The van der Waals surface area contributed by atoms with Crippen molar-refractivity contribution in [3.63, 3.8) is 0 Å². The van der Waals surface area contributed by atoms with E-state index < -0.39 is 0 Å². The van der Waals surface area contributed by atoms with E-state index >= 15 is 0 Å². The summed E-state index contributed by atoms with van der Waals surface area (Å²) in [5.74, 6) is 0. The molecule has 0 saturated heterocycles. The van der Waals surface area contributed by atoms with E-state index in [0.29, 0.717) is 23.1 Å². The average Bonchev–Trinajstić information content (AvgIpc) is 2.53. The van der Waals surface area contributed by atoms with Crippen molar-refractivity contribution in [2.24, 2.45) is 0 Å². The van der Waals surface area contributed by atoms with E-state index in [0.717, 1.165) is 6.42 Å². The summed E-state index contributed by atoms with van der Waals surface area (Å²) in [5, 5.41) is 0.564. The van der Waals surface area contributed by atoms with Gasteiger partial charge in [0.05, 0.1) is 16.6 Å². The summed E-state index contributed by atoms with van der Waals surface area (Å²) < 4.78 is 2.92. The molecule has 4 nitrogen and oxygen atoms in total. The smallest absolute Gasteiger partial charge is 0.293 e. The Labute approximate surface area is 121 Å². The molecule has 0 amide bonds. The third-order valence-electron chi connectivity index (χ3n) is 3.51. The summed E-state index contributed by atoms with van der Waals surface area (Å²) in [4.78, 5) is 25.4. The molecule has 0 atom stereocenters. The lowest BCUT2D eigenvalue weighted by atomic mass is 10.2. The number of nitrogens with zero attached hydrogens (tertiary/aromatic N) is 2. The molecular formula is C17H16N2O2. The Bertz CT molecular complexity index is 892. The first kappa shape index (κ1) is 13.4. The number of aromatic nitrogens is 2. The normalized spacial score (nSPS) is 10.9. The van der Waals surface area contributed by atoms with Crippen molar-refractivity contribution in [2.75, 3.05) is 0 Å². The monoisotopic (exact) mass is 280 g/mol. The molecule has 0 saturated carbocycles. The molecule has 3 rings (SSSR count). The molecule has 0 N–H and O–H groups in total. The lowest BCUT2D eigenvalue weighted by Gasteiger charge is -2.13. The van der Waals surface area contributed by atoms with Crippen LogP contribution in [0.5, 0.6) is 0 Å². The molecule has 2 aromatic carbocycles. The molecule has 1 heterocycles. The van der Waals surface area contributed by atoms with Crippen LogP contribution >= 0.6 is 0 Å². The standard InChI is InChI=1S/C17H16N2O2/c1-2-12-18-15-11-7-6-10-14(15)16(20)19(17(18)21)13-8-4-3-5-9-13/h3-11H,2,12H2,1H3. The average molecular weight is 280 g/mol. The quantitative estimate of drug-likeness (QED) is 0.740. The van der Waals surface area contributed by atoms with Crippen molar-refractivity contribution in [1.82, 2.24) is 9.13 Å². The van der Waals surface area contributed by atoms with Gasteiger partial charge in [-0.2, -0.15) is 0 Å². The minimum absolute atomic E-state index is 0.269. The van der Waals surface area contributed by atoms with Gasteiger partial charge in [-0.25, -0.2) is 9.36 Å². The van der Waals surface area contributed by atoms with E-state index in [1.54, 1.807) is 22.8 Å². The third-order valence-corrected chi connectivity index (χ3v) is 3.51. The molecule has 3 aromatic rings. The van der Waals surface area contributed by atoms with Gasteiger partial charge in [-0.05, 0) is 30.7 Å². The predicted molar refractivity (Wildman–Crippen MR) is 84.1 cm³/mol. The van der Waals surface area contributed by atoms with Crippen molar-refractivity contribution in [2.45, 2.75) is 19.9 Å². The second kappa shape index (κ2) is 5.40. The van der Waals surface area contributed by atoms with Gasteiger partial charge in [0.1, 0.15) is 0 Å². The Kier molecular flexibility index (Phi) is 3.44. The summed E-state index contributed by atoms with van der Waals surface area (Å²) in [7, 11) is 0. The largest absolute Gasteiger partial charge is 0.336 e. The highest BCUT2D eigenvalue weighted by Crippen LogP contribution is 2.10. The van der Waals surface area contributed by atoms with Crippen LogP contribution in [0.15, 0.2) is 64.2 Å². The lowest BCUT2D eigenvalue weighted by Crippen LogP contribution is -2.38. The van der Waals surface area contributed by atoms with Crippen molar-refractivity contribution in [1.29, 1.82) is 0 Å². The van der Waals surface area contributed by atoms with Crippen LogP contribution in [0.4, 0.5) is 0 Å². The number of benzene rings is 2. The highest BCUT2D eigenvalue weighted by molar-refractivity contribution is 5.78. The number of hydrogen-bond acceptors (Lipinski definition) is 2.